The van der Waals surface area contributed by atoms with Gasteiger partial charge in [0.05, 0.1) is 0 Å². The van der Waals surface area contributed by atoms with Crippen molar-refractivity contribution in [1.29, 1.82) is 0 Å². The Labute approximate surface area is 131 Å². The molecule has 1 unspecified atom stereocenters. The predicted molar refractivity (Wildman–Crippen MR) is 81.1 cm³/mol. The Morgan fingerprint density at radius 2 is 2.05 bits per heavy atom. The molecule has 0 aliphatic carbocycles. The van der Waals surface area contributed by atoms with Crippen molar-refractivity contribution in [1.82, 2.24) is 4.90 Å². The molecule has 0 aromatic heterocycles. The normalized spacial score (nSPS) is 22.1. The van der Waals surface area contributed by atoms with Crippen molar-refractivity contribution >= 4 is 11.9 Å². The maximum Gasteiger partial charge on any atom is 0.303 e. The first kappa shape index (κ1) is 16.5. The minimum absolute atomic E-state index is 0.0621. The highest BCUT2D eigenvalue weighted by Gasteiger charge is 2.40. The lowest BCUT2D eigenvalue weighted by Gasteiger charge is -2.36. The third-order valence-electron chi connectivity index (χ3n) is 4.43. The van der Waals surface area contributed by atoms with Gasteiger partial charge in [0, 0.05) is 44.7 Å². The van der Waals surface area contributed by atoms with Crippen molar-refractivity contribution < 1.29 is 14.7 Å². The van der Waals surface area contributed by atoms with Gasteiger partial charge in [0.2, 0.25) is 5.91 Å². The molecule has 1 atom stereocenters. The number of hydrogen-bond donors (Lipinski definition) is 1. The number of hydrogen-bond acceptors (Lipinski definition) is 4. The second-order valence-electron chi connectivity index (χ2n) is 6.06. The minimum Gasteiger partial charge on any atom is -0.481 e. The van der Waals surface area contributed by atoms with Crippen LogP contribution in [0.15, 0.2) is 10.2 Å². The Bertz CT molecular complexity index is 489. The van der Waals surface area contributed by atoms with Crippen LogP contribution >= 0.6 is 0 Å². The predicted octanol–water partition coefficient (Wildman–Crippen LogP) is 2.59. The topological polar surface area (TPSA) is 82.3 Å². The highest BCUT2D eigenvalue weighted by Crippen LogP contribution is 2.38. The maximum atomic E-state index is 12.5. The number of carboxylic acids is 1. The zero-order valence-electron chi connectivity index (χ0n) is 12.8. The SMILES string of the molecule is C#CCCC1(CCC(=O)N2CCCCC2CCC(=O)O)N=N1. The number of piperidine rings is 1. The van der Waals surface area contributed by atoms with Crippen LogP contribution in [0.25, 0.3) is 0 Å². The number of rotatable bonds is 8. The van der Waals surface area contributed by atoms with Crippen LogP contribution in [-0.4, -0.2) is 40.1 Å². The third kappa shape index (κ3) is 4.55. The number of aliphatic carboxylic acids is 1. The zero-order valence-corrected chi connectivity index (χ0v) is 12.8. The van der Waals surface area contributed by atoms with E-state index in [-0.39, 0.29) is 18.4 Å². The largest absolute Gasteiger partial charge is 0.481 e. The lowest BCUT2D eigenvalue weighted by molar-refractivity contribution is -0.140. The molecule has 1 N–H and O–H groups in total. The molecule has 2 aliphatic heterocycles. The molecule has 2 heterocycles. The number of amides is 1. The second kappa shape index (κ2) is 7.39. The molecule has 22 heavy (non-hydrogen) atoms. The number of carbonyl (C=O) groups excluding carboxylic acids is 1. The molecule has 1 fully saturated rings. The Balaban J connectivity index is 1.81. The van der Waals surface area contributed by atoms with Crippen molar-refractivity contribution in [2.24, 2.45) is 10.2 Å². The van der Waals surface area contributed by atoms with Gasteiger partial charge in [-0.15, -0.1) is 12.3 Å². The van der Waals surface area contributed by atoms with Crippen LogP contribution < -0.4 is 0 Å². The van der Waals surface area contributed by atoms with E-state index in [9.17, 15) is 9.59 Å². The van der Waals surface area contributed by atoms with E-state index in [0.717, 1.165) is 25.8 Å². The van der Waals surface area contributed by atoms with Gasteiger partial charge in [-0.1, -0.05) is 0 Å². The molecule has 2 aliphatic rings. The molecule has 0 aromatic carbocycles. The molecule has 0 radical (unpaired) electrons. The van der Waals surface area contributed by atoms with Gasteiger partial charge in [-0.25, -0.2) is 0 Å². The van der Waals surface area contributed by atoms with Crippen LogP contribution in [0.2, 0.25) is 0 Å². The van der Waals surface area contributed by atoms with Crippen molar-refractivity contribution in [2.45, 2.75) is 69.5 Å². The fourth-order valence-electron chi connectivity index (χ4n) is 3.04. The molecule has 2 rings (SSSR count). The summed E-state index contributed by atoms with van der Waals surface area (Å²) in [6, 6.07) is 0.0621. The summed E-state index contributed by atoms with van der Waals surface area (Å²) >= 11 is 0. The molecule has 0 saturated carbocycles. The van der Waals surface area contributed by atoms with Crippen molar-refractivity contribution in [2.75, 3.05) is 6.54 Å². The smallest absolute Gasteiger partial charge is 0.303 e. The Kier molecular flexibility index (Phi) is 5.53. The van der Waals surface area contributed by atoms with Crippen LogP contribution in [0.5, 0.6) is 0 Å². The fraction of sp³-hybridized carbons (Fsp3) is 0.750. The van der Waals surface area contributed by atoms with E-state index < -0.39 is 11.6 Å². The Hall–Kier alpha value is -1.90. The third-order valence-corrected chi connectivity index (χ3v) is 4.43. The van der Waals surface area contributed by atoms with Crippen LogP contribution in [0.4, 0.5) is 0 Å². The second-order valence-corrected chi connectivity index (χ2v) is 6.06. The first-order chi connectivity index (χ1) is 10.6. The molecule has 6 nitrogen and oxygen atoms in total. The Morgan fingerprint density at radius 1 is 1.27 bits per heavy atom. The number of likely N-dealkylation sites (tertiary alicyclic amines) is 1. The molecule has 0 spiro atoms. The Morgan fingerprint density at radius 3 is 2.68 bits per heavy atom. The summed E-state index contributed by atoms with van der Waals surface area (Å²) in [5.74, 6) is 1.86. The lowest BCUT2D eigenvalue weighted by atomic mass is 9.96. The van der Waals surface area contributed by atoms with E-state index in [2.05, 4.69) is 16.1 Å². The first-order valence-corrected chi connectivity index (χ1v) is 7.95. The van der Waals surface area contributed by atoms with Crippen molar-refractivity contribution in [3.63, 3.8) is 0 Å². The molecule has 120 valence electrons. The van der Waals surface area contributed by atoms with E-state index in [1.54, 1.807) is 0 Å². The number of terminal acetylenes is 1. The molecular weight excluding hydrogens is 282 g/mol. The maximum absolute atomic E-state index is 12.5. The summed E-state index contributed by atoms with van der Waals surface area (Å²) in [5.41, 5.74) is -0.422. The molecule has 1 saturated heterocycles. The van der Waals surface area contributed by atoms with Gasteiger partial charge in [-0.05, 0) is 25.7 Å². The van der Waals surface area contributed by atoms with Gasteiger partial charge in [-0.3, -0.25) is 9.59 Å². The lowest BCUT2D eigenvalue weighted by Crippen LogP contribution is -2.44. The molecule has 0 aromatic rings. The molecule has 6 heteroatoms. The van der Waals surface area contributed by atoms with E-state index in [4.69, 9.17) is 11.5 Å². The fourth-order valence-corrected chi connectivity index (χ4v) is 3.04. The minimum atomic E-state index is -0.804. The van der Waals surface area contributed by atoms with Crippen LogP contribution in [-0.2, 0) is 9.59 Å². The summed E-state index contributed by atoms with van der Waals surface area (Å²) in [6.07, 6.45) is 11.2. The van der Waals surface area contributed by atoms with Gasteiger partial charge in [0.15, 0.2) is 5.66 Å². The summed E-state index contributed by atoms with van der Waals surface area (Å²) in [6.45, 7) is 0.731. The van der Waals surface area contributed by atoms with Gasteiger partial charge < -0.3 is 10.0 Å². The van der Waals surface area contributed by atoms with Gasteiger partial charge in [0.25, 0.3) is 0 Å². The average molecular weight is 305 g/mol. The van der Waals surface area contributed by atoms with Gasteiger partial charge >= 0.3 is 5.97 Å². The number of nitrogens with zero attached hydrogens (tertiary/aromatic N) is 3. The van der Waals surface area contributed by atoms with Crippen LogP contribution in [0.1, 0.15) is 57.8 Å². The van der Waals surface area contributed by atoms with E-state index in [1.807, 2.05) is 4.90 Å². The summed E-state index contributed by atoms with van der Waals surface area (Å²) in [5, 5.41) is 16.9. The van der Waals surface area contributed by atoms with Crippen LogP contribution in [0.3, 0.4) is 0 Å². The van der Waals surface area contributed by atoms with Crippen molar-refractivity contribution in [3.05, 3.63) is 0 Å². The average Bonchev–Trinajstić information content (AvgIpc) is 3.29. The quantitative estimate of drug-likeness (QED) is 0.700. The van der Waals surface area contributed by atoms with Crippen molar-refractivity contribution in [3.8, 4) is 12.3 Å². The molecule has 0 bridgehead atoms. The number of carbonyl (C=O) groups is 2. The van der Waals surface area contributed by atoms with E-state index >= 15 is 0 Å². The standard InChI is InChI=1S/C16H23N3O3/c1-2-3-10-16(17-18-16)11-9-14(20)19-12-5-4-6-13(19)7-8-15(21)22/h1,13H,3-12H2,(H,21,22). The van der Waals surface area contributed by atoms with E-state index in [0.29, 0.717) is 32.1 Å². The number of carboxylic acid groups (broad SMARTS) is 1. The first-order valence-electron chi connectivity index (χ1n) is 7.95. The summed E-state index contributed by atoms with van der Waals surface area (Å²) in [7, 11) is 0. The zero-order chi connectivity index (χ0) is 16.0. The summed E-state index contributed by atoms with van der Waals surface area (Å²) in [4.78, 5) is 25.1. The molecule has 1 amide bonds. The molecular formula is C16H23N3O3. The summed E-state index contributed by atoms with van der Waals surface area (Å²) < 4.78 is 0. The monoisotopic (exact) mass is 305 g/mol. The van der Waals surface area contributed by atoms with E-state index in [1.165, 1.54) is 0 Å². The van der Waals surface area contributed by atoms with Gasteiger partial charge in [0.1, 0.15) is 0 Å². The highest BCUT2D eigenvalue weighted by atomic mass is 16.4. The highest BCUT2D eigenvalue weighted by molar-refractivity contribution is 5.77. The van der Waals surface area contributed by atoms with Gasteiger partial charge in [-0.2, -0.15) is 10.2 Å². The van der Waals surface area contributed by atoms with Crippen LogP contribution in [0, 0.1) is 12.3 Å².